The minimum absolute atomic E-state index is 0.0356. The molecule has 2 aliphatic rings. The van der Waals surface area contributed by atoms with Gasteiger partial charge in [-0.1, -0.05) is 71.9 Å². The Labute approximate surface area is 455 Å². The van der Waals surface area contributed by atoms with E-state index in [-0.39, 0.29) is 62.0 Å². The van der Waals surface area contributed by atoms with Gasteiger partial charge in [0.15, 0.2) is 0 Å². The summed E-state index contributed by atoms with van der Waals surface area (Å²) in [6, 6.07) is 14.7. The lowest BCUT2D eigenvalue weighted by atomic mass is 9.85. The highest BCUT2D eigenvalue weighted by Gasteiger charge is 2.47. The molecule has 3 aromatic carbocycles. The molecule has 3 aromatic rings. The van der Waals surface area contributed by atoms with Crippen LogP contribution >= 0.6 is 23.9 Å². The summed E-state index contributed by atoms with van der Waals surface area (Å²) in [5.41, 5.74) is 0.704. The van der Waals surface area contributed by atoms with Crippen molar-refractivity contribution in [3.63, 3.8) is 0 Å². The molecule has 0 aromatic heterocycles. The van der Waals surface area contributed by atoms with E-state index in [1.165, 1.54) is 15.9 Å². The maximum absolute atomic E-state index is 14.5. The van der Waals surface area contributed by atoms with E-state index in [2.05, 4.69) is 42.5 Å². The Morgan fingerprint density at radius 2 is 0.934 bits per heavy atom. The van der Waals surface area contributed by atoms with E-state index < -0.39 is 94.6 Å². The lowest BCUT2D eigenvalue weighted by Crippen LogP contribution is -2.59. The summed E-state index contributed by atoms with van der Waals surface area (Å²) in [7, 11) is 3.27. The van der Waals surface area contributed by atoms with Gasteiger partial charge < -0.3 is 52.3 Å². The number of likely N-dealkylation sites (tertiary alicyclic amines) is 2. The average Bonchev–Trinajstić information content (AvgIpc) is 4.03. The van der Waals surface area contributed by atoms with Crippen LogP contribution in [0.15, 0.2) is 82.6 Å². The molecule has 0 bridgehead atoms. The van der Waals surface area contributed by atoms with E-state index in [0.29, 0.717) is 12.8 Å². The van der Waals surface area contributed by atoms with Crippen molar-refractivity contribution in [1.29, 1.82) is 0 Å². The third kappa shape index (κ3) is 16.5. The van der Waals surface area contributed by atoms with Crippen LogP contribution in [0.5, 0.6) is 0 Å². The second kappa shape index (κ2) is 27.3. The third-order valence-electron chi connectivity index (χ3n) is 13.8. The van der Waals surface area contributed by atoms with Crippen LogP contribution in [-0.4, -0.2) is 146 Å². The molecule has 414 valence electrons. The van der Waals surface area contributed by atoms with Gasteiger partial charge in [-0.25, -0.2) is 0 Å². The highest BCUT2D eigenvalue weighted by Crippen LogP contribution is 2.29. The maximum atomic E-state index is 14.5. The molecule has 0 spiro atoms. The van der Waals surface area contributed by atoms with Gasteiger partial charge in [-0.15, -0.1) is 0 Å². The molecule has 2 heterocycles. The first-order chi connectivity index (χ1) is 35.9. The summed E-state index contributed by atoms with van der Waals surface area (Å²) in [5.74, 6) is -3.67. The summed E-state index contributed by atoms with van der Waals surface area (Å²) in [6.07, 6.45) is 1.18. The van der Waals surface area contributed by atoms with Gasteiger partial charge in [-0.05, 0) is 142 Å². The Hall–Kier alpha value is -6.04. The molecule has 2 saturated heterocycles. The minimum atomic E-state index is -1.01. The quantitative estimate of drug-likeness (QED) is 0.0645. The van der Waals surface area contributed by atoms with E-state index in [9.17, 15) is 38.4 Å². The van der Waals surface area contributed by atoms with Gasteiger partial charge in [-0.3, -0.25) is 48.6 Å². The topological polar surface area (TPSA) is 291 Å². The molecular weight excluding hydrogens is 1010 g/mol. The minimum Gasteiger partial charge on any atom is -0.354 e. The molecular formula is C54H78N12O8S2. The van der Waals surface area contributed by atoms with Gasteiger partial charge in [0, 0.05) is 59.2 Å². The Morgan fingerprint density at radius 1 is 0.579 bits per heavy atom. The third-order valence-corrected chi connectivity index (χ3v) is 14.9. The van der Waals surface area contributed by atoms with E-state index in [0.717, 1.165) is 44.8 Å². The first kappa shape index (κ1) is 60.8. The largest absolute Gasteiger partial charge is 0.354 e. The molecule has 8 atom stereocenters. The van der Waals surface area contributed by atoms with Crippen LogP contribution in [0.25, 0.3) is 0 Å². The van der Waals surface area contributed by atoms with Crippen molar-refractivity contribution in [3.8, 4) is 0 Å². The van der Waals surface area contributed by atoms with Crippen molar-refractivity contribution in [2.45, 2.75) is 139 Å². The fourth-order valence-corrected chi connectivity index (χ4v) is 9.58. The standard InChI is InChI=1S/C54H78N12O8S2/c1-31(57-9)45(67)63-43(53(3,4)5)51(73)65-29-37(27-41(65)49(71)59-24-22-33-14-18-39(75-55)19-15-33)61-47(69)35-12-11-13-36(26-35)48(70)62-38-28-42(50(72)60-25-23-34-16-20-40(76-56)21-17-34)66(30-38)52(74)44(54(6,7)8)64-46(68)32(2)58-10/h11-21,26,31-32,37-38,41-44,57-58H,22-25,27-30,55-56H2,1-10H3,(H,59,71)(H,60,72)(H,61,69)(H,62,70)(H,63,67)(H,64,68)/t31-,32-,37-,38-,41-,42-,43+,44+/m0/s1. The molecule has 76 heavy (non-hydrogen) atoms. The molecule has 2 fully saturated rings. The highest BCUT2D eigenvalue weighted by molar-refractivity contribution is 7.97. The predicted molar refractivity (Wildman–Crippen MR) is 295 cm³/mol. The van der Waals surface area contributed by atoms with Crippen molar-refractivity contribution in [3.05, 3.63) is 95.1 Å². The van der Waals surface area contributed by atoms with E-state index in [1.54, 1.807) is 46.1 Å². The van der Waals surface area contributed by atoms with Crippen LogP contribution in [-0.2, 0) is 41.6 Å². The van der Waals surface area contributed by atoms with Crippen molar-refractivity contribution in [2.24, 2.45) is 21.1 Å². The number of rotatable bonds is 22. The maximum Gasteiger partial charge on any atom is 0.251 e. The van der Waals surface area contributed by atoms with Crippen LogP contribution < -0.4 is 52.8 Å². The number of carbonyl (C=O) groups is 8. The van der Waals surface area contributed by atoms with Crippen molar-refractivity contribution >= 4 is 71.2 Å². The van der Waals surface area contributed by atoms with Crippen LogP contribution in [0.3, 0.4) is 0 Å². The van der Waals surface area contributed by atoms with Crippen molar-refractivity contribution in [1.82, 2.24) is 52.3 Å². The second-order valence-corrected chi connectivity index (χ2v) is 23.1. The Balaban J connectivity index is 1.32. The monoisotopic (exact) mass is 1090 g/mol. The second-order valence-electron chi connectivity index (χ2n) is 21.6. The van der Waals surface area contributed by atoms with E-state index >= 15 is 0 Å². The van der Waals surface area contributed by atoms with Crippen LogP contribution in [0.1, 0.15) is 100 Å². The number of benzene rings is 3. The van der Waals surface area contributed by atoms with Gasteiger partial charge in [0.1, 0.15) is 24.2 Å². The molecule has 0 unspecified atom stereocenters. The molecule has 0 aliphatic carbocycles. The summed E-state index contributed by atoms with van der Waals surface area (Å²) in [6.45, 7) is 14.8. The smallest absolute Gasteiger partial charge is 0.251 e. The van der Waals surface area contributed by atoms with Gasteiger partial charge in [-0.2, -0.15) is 0 Å². The molecule has 22 heteroatoms. The summed E-state index contributed by atoms with van der Waals surface area (Å²) in [5, 5.41) is 34.8. The van der Waals surface area contributed by atoms with Gasteiger partial charge in [0.05, 0.1) is 12.1 Å². The van der Waals surface area contributed by atoms with Gasteiger partial charge in [0.2, 0.25) is 35.4 Å². The normalized spacial score (nSPS) is 19.2. The zero-order valence-corrected chi connectivity index (χ0v) is 47.0. The molecule has 2 aliphatic heterocycles. The number of carbonyl (C=O) groups excluding carboxylic acids is 8. The predicted octanol–water partition coefficient (Wildman–Crippen LogP) is 2.01. The number of likely N-dealkylation sites (N-methyl/N-ethyl adjacent to an activating group) is 2. The molecule has 8 amide bonds. The molecule has 0 radical (unpaired) electrons. The van der Waals surface area contributed by atoms with E-state index in [4.69, 9.17) is 10.3 Å². The number of nitrogens with zero attached hydrogens (tertiary/aromatic N) is 2. The Kier molecular flexibility index (Phi) is 21.9. The lowest BCUT2D eigenvalue weighted by molar-refractivity contribution is -0.144. The first-order valence-corrected chi connectivity index (χ1v) is 27.4. The Bertz CT molecular complexity index is 2370. The molecule has 12 N–H and O–H groups in total. The van der Waals surface area contributed by atoms with Gasteiger partial charge >= 0.3 is 0 Å². The van der Waals surface area contributed by atoms with Crippen molar-refractivity contribution < 1.29 is 38.4 Å². The summed E-state index contributed by atoms with van der Waals surface area (Å²) in [4.78, 5) is 116. The lowest BCUT2D eigenvalue weighted by Gasteiger charge is -2.36. The number of hydrogen-bond acceptors (Lipinski definition) is 14. The number of hydrogen-bond donors (Lipinski definition) is 10. The van der Waals surface area contributed by atoms with Crippen LogP contribution in [0.2, 0.25) is 0 Å². The first-order valence-electron chi connectivity index (χ1n) is 25.6. The zero-order valence-electron chi connectivity index (χ0n) is 45.3. The Morgan fingerprint density at radius 3 is 1.25 bits per heavy atom. The molecule has 5 rings (SSSR count). The summed E-state index contributed by atoms with van der Waals surface area (Å²) >= 11 is 2.27. The fourth-order valence-electron chi connectivity index (χ4n) is 9.00. The van der Waals surface area contributed by atoms with Gasteiger partial charge in [0.25, 0.3) is 11.8 Å². The van der Waals surface area contributed by atoms with Crippen molar-refractivity contribution in [2.75, 3.05) is 40.3 Å². The van der Waals surface area contributed by atoms with Crippen LogP contribution in [0, 0.1) is 10.8 Å². The SMILES string of the molecule is CN[C@@H](C)C(=O)N[C@H](C(=O)N1C[C@@H](NC(=O)c2cccc(C(=O)N[C@H]3C[C@@H](C(=O)NCCc4ccc(SN)cc4)N(C(=O)[C@@H](NC(=O)[C@H](C)NC)C(C)(C)C)C3)c2)C[C@H]1C(=O)NCCc1ccc(SN)cc1)C(C)(C)C. The van der Waals surface area contributed by atoms with E-state index in [1.807, 2.05) is 90.1 Å². The summed E-state index contributed by atoms with van der Waals surface area (Å²) < 4.78 is 0. The number of nitrogens with two attached hydrogens (primary N) is 2. The van der Waals surface area contributed by atoms with Crippen LogP contribution in [0.4, 0.5) is 0 Å². The number of nitrogens with one attached hydrogen (secondary N) is 8. The molecule has 20 nitrogen and oxygen atoms in total. The number of amides is 8. The average molecular weight is 1090 g/mol. The molecule has 0 saturated carbocycles. The zero-order chi connectivity index (χ0) is 56.1. The fraction of sp³-hybridized carbons (Fsp3) is 0.519. The highest BCUT2D eigenvalue weighted by atomic mass is 32.2.